The Morgan fingerprint density at radius 3 is 2.54 bits per heavy atom. The van der Waals surface area contributed by atoms with Gasteiger partial charge in [-0.25, -0.2) is 0 Å². The van der Waals surface area contributed by atoms with E-state index >= 15 is 0 Å². The number of carbonyl (C=O) groups excluding carboxylic acids is 1. The molecule has 0 aliphatic carbocycles. The van der Waals surface area contributed by atoms with Gasteiger partial charge in [-0.05, 0) is 42.4 Å². The highest BCUT2D eigenvalue weighted by atomic mass is 32.1. The summed E-state index contributed by atoms with van der Waals surface area (Å²) in [5, 5.41) is 2.26. The molecule has 62 valence electrons. The molecule has 0 N–H and O–H groups in total. The molecule has 0 spiro atoms. The maximum Gasteiger partial charge on any atom is 0.193 e. The predicted octanol–water partition coefficient (Wildman–Crippen LogP) is 1.97. The van der Waals surface area contributed by atoms with Crippen molar-refractivity contribution in [1.82, 2.24) is 0 Å². The lowest BCUT2D eigenvalue weighted by Gasteiger charge is -1.90. The highest BCUT2D eigenvalue weighted by molar-refractivity contribution is 7.78. The molecule has 0 aliphatic rings. The van der Waals surface area contributed by atoms with E-state index in [0.717, 1.165) is 11.3 Å². The SMILES string of the molecule is O=CC#Cc1ccc(N=C=S)cc1. The molecule has 0 radical (unpaired) electrons. The molecule has 0 bridgehead atoms. The molecule has 1 aromatic carbocycles. The zero-order chi connectivity index (χ0) is 9.52. The molecule has 0 aliphatic heterocycles. The number of hydrogen-bond acceptors (Lipinski definition) is 3. The Labute approximate surface area is 81.3 Å². The Balaban J connectivity index is 2.93. The molecule has 1 aromatic rings. The second-order valence-corrected chi connectivity index (χ2v) is 2.32. The fourth-order valence-corrected chi connectivity index (χ4v) is 0.890. The predicted molar refractivity (Wildman–Crippen MR) is 54.1 cm³/mol. The van der Waals surface area contributed by atoms with Gasteiger partial charge in [-0.3, -0.25) is 4.79 Å². The van der Waals surface area contributed by atoms with E-state index in [4.69, 9.17) is 0 Å². The molecular formula is C10H5NOS. The summed E-state index contributed by atoms with van der Waals surface area (Å²) in [5.74, 6) is 4.98. The van der Waals surface area contributed by atoms with E-state index in [0.29, 0.717) is 6.29 Å². The van der Waals surface area contributed by atoms with Crippen molar-refractivity contribution in [3.63, 3.8) is 0 Å². The quantitative estimate of drug-likeness (QED) is 0.291. The third-order valence-corrected chi connectivity index (χ3v) is 1.41. The van der Waals surface area contributed by atoms with Crippen LogP contribution in [0.1, 0.15) is 5.56 Å². The van der Waals surface area contributed by atoms with Crippen molar-refractivity contribution in [1.29, 1.82) is 0 Å². The maximum atomic E-state index is 9.93. The van der Waals surface area contributed by atoms with Crippen LogP contribution >= 0.6 is 12.2 Å². The summed E-state index contributed by atoms with van der Waals surface area (Å²) in [6.45, 7) is 0. The van der Waals surface area contributed by atoms with Crippen molar-refractivity contribution in [3.8, 4) is 11.8 Å². The third kappa shape index (κ3) is 3.00. The summed E-state index contributed by atoms with van der Waals surface area (Å²) in [6, 6.07) is 7.05. The number of nitrogens with zero attached hydrogens (tertiary/aromatic N) is 1. The van der Waals surface area contributed by atoms with Gasteiger partial charge in [0.15, 0.2) is 6.29 Å². The first-order valence-electron chi connectivity index (χ1n) is 3.50. The number of thiocarbonyl (C=S) groups is 1. The fourth-order valence-electron chi connectivity index (χ4n) is 0.785. The van der Waals surface area contributed by atoms with E-state index < -0.39 is 0 Å². The zero-order valence-corrected chi connectivity index (χ0v) is 7.47. The Kier molecular flexibility index (Phi) is 3.59. The van der Waals surface area contributed by atoms with Crippen LogP contribution in [0.15, 0.2) is 29.3 Å². The lowest BCUT2D eigenvalue weighted by molar-refractivity contribution is -0.103. The van der Waals surface area contributed by atoms with Crippen molar-refractivity contribution in [2.24, 2.45) is 4.99 Å². The average Bonchev–Trinajstić information content (AvgIpc) is 2.17. The van der Waals surface area contributed by atoms with Gasteiger partial charge in [-0.2, -0.15) is 4.99 Å². The van der Waals surface area contributed by atoms with Gasteiger partial charge in [0.25, 0.3) is 0 Å². The summed E-state index contributed by atoms with van der Waals surface area (Å²) >= 11 is 4.45. The first kappa shape index (κ1) is 9.34. The number of isothiocyanates is 1. The number of benzene rings is 1. The van der Waals surface area contributed by atoms with E-state index in [2.05, 4.69) is 34.2 Å². The monoisotopic (exact) mass is 187 g/mol. The summed E-state index contributed by atoms with van der Waals surface area (Å²) < 4.78 is 0. The minimum atomic E-state index is 0.559. The van der Waals surface area contributed by atoms with Gasteiger partial charge < -0.3 is 0 Å². The van der Waals surface area contributed by atoms with E-state index in [1.165, 1.54) is 0 Å². The van der Waals surface area contributed by atoms with Crippen molar-refractivity contribution in [2.75, 3.05) is 0 Å². The van der Waals surface area contributed by atoms with Crippen LogP contribution in [0.4, 0.5) is 5.69 Å². The van der Waals surface area contributed by atoms with Gasteiger partial charge in [-0.1, -0.05) is 5.92 Å². The molecule has 0 unspecified atom stereocenters. The summed E-state index contributed by atoms with van der Waals surface area (Å²) in [5.41, 5.74) is 1.50. The Bertz CT molecular complexity index is 405. The van der Waals surface area contributed by atoms with Crippen LogP contribution in [0.2, 0.25) is 0 Å². The summed E-state index contributed by atoms with van der Waals surface area (Å²) in [6.07, 6.45) is 0.559. The molecule has 0 aromatic heterocycles. The van der Waals surface area contributed by atoms with E-state index in [1.54, 1.807) is 24.3 Å². The number of aliphatic imine (C=N–C) groups is 1. The van der Waals surface area contributed by atoms with Gasteiger partial charge >= 0.3 is 0 Å². The molecule has 2 nitrogen and oxygen atoms in total. The average molecular weight is 187 g/mol. The second-order valence-electron chi connectivity index (χ2n) is 2.14. The molecule has 0 saturated heterocycles. The minimum absolute atomic E-state index is 0.559. The zero-order valence-electron chi connectivity index (χ0n) is 6.65. The van der Waals surface area contributed by atoms with Crippen LogP contribution in [0.5, 0.6) is 0 Å². The molecule has 0 saturated carbocycles. The number of carbonyl (C=O) groups is 1. The van der Waals surface area contributed by atoms with E-state index in [-0.39, 0.29) is 0 Å². The highest BCUT2D eigenvalue weighted by Crippen LogP contribution is 2.11. The van der Waals surface area contributed by atoms with Crippen molar-refractivity contribution in [3.05, 3.63) is 29.8 Å². The molecule has 1 rings (SSSR count). The van der Waals surface area contributed by atoms with Crippen molar-refractivity contribution >= 4 is 29.4 Å². The molecule has 0 heterocycles. The van der Waals surface area contributed by atoms with Crippen LogP contribution in [0.25, 0.3) is 0 Å². The number of rotatable bonds is 1. The second kappa shape index (κ2) is 5.00. The lowest BCUT2D eigenvalue weighted by atomic mass is 10.2. The maximum absolute atomic E-state index is 9.93. The first-order chi connectivity index (χ1) is 6.36. The van der Waals surface area contributed by atoms with Crippen molar-refractivity contribution in [2.45, 2.75) is 0 Å². The van der Waals surface area contributed by atoms with Crippen LogP contribution in [-0.2, 0) is 4.79 Å². The Morgan fingerprint density at radius 1 is 1.31 bits per heavy atom. The Hall–Kier alpha value is -1.75. The molecule has 13 heavy (non-hydrogen) atoms. The van der Waals surface area contributed by atoms with Crippen LogP contribution in [0, 0.1) is 11.8 Å². The Morgan fingerprint density at radius 2 is 2.00 bits per heavy atom. The fraction of sp³-hybridized carbons (Fsp3) is 0. The lowest BCUT2D eigenvalue weighted by Crippen LogP contribution is -1.72. The standard InChI is InChI=1S/C10H5NOS/c12-7-1-2-9-3-5-10(6-4-9)11-8-13/h3-7H. The smallest absolute Gasteiger partial charge is 0.193 e. The third-order valence-electron chi connectivity index (χ3n) is 1.32. The largest absolute Gasteiger partial charge is 0.289 e. The van der Waals surface area contributed by atoms with Crippen molar-refractivity contribution < 1.29 is 4.79 Å². The summed E-state index contributed by atoms with van der Waals surface area (Å²) in [7, 11) is 0. The van der Waals surface area contributed by atoms with Gasteiger partial charge in [0.1, 0.15) is 0 Å². The minimum Gasteiger partial charge on any atom is -0.289 e. The number of hydrogen-bond donors (Lipinski definition) is 0. The van der Waals surface area contributed by atoms with Gasteiger partial charge in [-0.15, -0.1) is 0 Å². The highest BCUT2D eigenvalue weighted by Gasteiger charge is 1.87. The molecule has 0 fully saturated rings. The van der Waals surface area contributed by atoms with Crippen LogP contribution in [-0.4, -0.2) is 11.4 Å². The molecule has 3 heteroatoms. The normalized spacial score (nSPS) is 7.69. The molecule has 0 amide bonds. The van der Waals surface area contributed by atoms with E-state index in [1.807, 2.05) is 0 Å². The number of aldehydes is 1. The summed E-state index contributed by atoms with van der Waals surface area (Å²) in [4.78, 5) is 13.7. The molecular weight excluding hydrogens is 182 g/mol. The first-order valence-corrected chi connectivity index (χ1v) is 3.91. The topological polar surface area (TPSA) is 29.4 Å². The van der Waals surface area contributed by atoms with Gasteiger partial charge in [0.2, 0.25) is 0 Å². The molecule has 0 atom stereocenters. The van der Waals surface area contributed by atoms with Crippen LogP contribution < -0.4 is 0 Å². The van der Waals surface area contributed by atoms with Gasteiger partial charge in [0.05, 0.1) is 10.8 Å². The van der Waals surface area contributed by atoms with Crippen LogP contribution in [0.3, 0.4) is 0 Å². The van der Waals surface area contributed by atoms with Gasteiger partial charge in [0, 0.05) is 5.56 Å². The van der Waals surface area contributed by atoms with E-state index in [9.17, 15) is 4.79 Å².